The van der Waals surface area contributed by atoms with E-state index in [9.17, 15) is 9.18 Å². The summed E-state index contributed by atoms with van der Waals surface area (Å²) in [4.78, 5) is 18.4. The molecule has 0 bridgehead atoms. The lowest BCUT2D eigenvalue weighted by molar-refractivity contribution is -0.0538. The maximum atomic E-state index is 13.7. The molecule has 2 aliphatic heterocycles. The predicted octanol–water partition coefficient (Wildman–Crippen LogP) is 1.30. The van der Waals surface area contributed by atoms with Gasteiger partial charge < -0.3 is 19.7 Å². The van der Waals surface area contributed by atoms with Crippen molar-refractivity contribution in [1.82, 2.24) is 20.1 Å². The topological polar surface area (TPSA) is 92.4 Å². The van der Waals surface area contributed by atoms with Crippen LogP contribution in [0.15, 0.2) is 30.6 Å². The quantitative estimate of drug-likeness (QED) is 0.837. The Bertz CT molecular complexity index is 787. The van der Waals surface area contributed by atoms with Crippen LogP contribution in [0.1, 0.15) is 16.9 Å². The lowest BCUT2D eigenvalue weighted by atomic mass is 9.94. The van der Waals surface area contributed by atoms with Crippen LogP contribution in [0, 0.1) is 11.7 Å². The maximum Gasteiger partial charge on any atom is 0.272 e. The van der Waals surface area contributed by atoms with Gasteiger partial charge in [-0.15, -0.1) is 0 Å². The third kappa shape index (κ3) is 3.93. The molecule has 8 nitrogen and oxygen atoms in total. The molecule has 2 aromatic heterocycles. The zero-order chi connectivity index (χ0) is 18.7. The van der Waals surface area contributed by atoms with Crippen molar-refractivity contribution in [2.45, 2.75) is 12.0 Å². The molecule has 2 saturated heterocycles. The molecular weight excluding hydrogens is 353 g/mol. The minimum absolute atomic E-state index is 0.113. The molecule has 2 aromatic rings. The molecule has 1 amide bonds. The van der Waals surface area contributed by atoms with Crippen LogP contribution in [0.2, 0.25) is 0 Å². The first-order chi connectivity index (χ1) is 13.2. The van der Waals surface area contributed by atoms with Crippen LogP contribution in [0.4, 0.5) is 10.2 Å². The fraction of sp³-hybridized carbons (Fsp3) is 0.500. The van der Waals surface area contributed by atoms with Crippen molar-refractivity contribution in [3.63, 3.8) is 0 Å². The lowest BCUT2D eigenvalue weighted by Gasteiger charge is -2.31. The molecule has 2 fully saturated rings. The maximum absolute atomic E-state index is 13.7. The van der Waals surface area contributed by atoms with E-state index in [1.54, 1.807) is 29.4 Å². The van der Waals surface area contributed by atoms with Gasteiger partial charge in [0.05, 0.1) is 26.4 Å². The number of hydrogen-bond donors (Lipinski definition) is 2. The monoisotopic (exact) mass is 375 g/mol. The normalized spacial score (nSPS) is 25.5. The van der Waals surface area contributed by atoms with Crippen LogP contribution in [-0.4, -0.2) is 71.0 Å². The summed E-state index contributed by atoms with van der Waals surface area (Å²) in [5, 5.41) is 9.60. The molecular formula is C18H22FN5O3. The summed E-state index contributed by atoms with van der Waals surface area (Å²) < 4.78 is 25.5. The third-order valence-corrected chi connectivity index (χ3v) is 4.97. The van der Waals surface area contributed by atoms with E-state index in [2.05, 4.69) is 20.5 Å². The number of pyridine rings is 1. The standard InChI is InChI=1S/C18H22FN5O3/c19-14-2-1-4-20-16(14)21-9-13-8-18(27-10-13)11-24(6-7-26-12-18)17(25)15-3-5-22-23-15/h1-5,13H,6-12H2,(H,20,21)(H,22,23)/t13-,18+/m1/s1. The average molecular weight is 375 g/mol. The first-order valence-corrected chi connectivity index (χ1v) is 9.00. The molecule has 9 heteroatoms. The van der Waals surface area contributed by atoms with E-state index in [1.807, 2.05) is 0 Å². The van der Waals surface area contributed by atoms with Crippen molar-refractivity contribution < 1.29 is 18.7 Å². The minimum atomic E-state index is -0.540. The van der Waals surface area contributed by atoms with Gasteiger partial charge in [0.15, 0.2) is 11.6 Å². The highest BCUT2D eigenvalue weighted by Gasteiger charge is 2.44. The van der Waals surface area contributed by atoms with E-state index in [0.717, 1.165) is 6.42 Å². The van der Waals surface area contributed by atoms with Gasteiger partial charge in [0.25, 0.3) is 5.91 Å². The molecule has 144 valence electrons. The van der Waals surface area contributed by atoms with Gasteiger partial charge >= 0.3 is 0 Å². The number of hydrogen-bond acceptors (Lipinski definition) is 6. The fourth-order valence-electron chi connectivity index (χ4n) is 3.66. The zero-order valence-corrected chi connectivity index (χ0v) is 14.9. The van der Waals surface area contributed by atoms with Gasteiger partial charge in [-0.25, -0.2) is 9.37 Å². The molecule has 0 radical (unpaired) electrons. The predicted molar refractivity (Wildman–Crippen MR) is 94.8 cm³/mol. The van der Waals surface area contributed by atoms with Crippen LogP contribution in [0.5, 0.6) is 0 Å². The number of nitrogens with one attached hydrogen (secondary N) is 2. The highest BCUT2D eigenvalue weighted by Crippen LogP contribution is 2.33. The second-order valence-corrected chi connectivity index (χ2v) is 7.03. The number of carbonyl (C=O) groups excluding carboxylic acids is 1. The summed E-state index contributed by atoms with van der Waals surface area (Å²) in [7, 11) is 0. The van der Waals surface area contributed by atoms with Gasteiger partial charge in [-0.2, -0.15) is 5.10 Å². The lowest BCUT2D eigenvalue weighted by Crippen LogP contribution is -2.46. The Labute approximate surface area is 156 Å². The number of H-pyrrole nitrogens is 1. The largest absolute Gasteiger partial charge is 0.377 e. The van der Waals surface area contributed by atoms with Gasteiger partial charge in [-0.05, 0) is 24.6 Å². The number of nitrogens with zero attached hydrogens (tertiary/aromatic N) is 3. The Morgan fingerprint density at radius 2 is 2.37 bits per heavy atom. The number of anilines is 1. The molecule has 0 aromatic carbocycles. The fourth-order valence-corrected chi connectivity index (χ4v) is 3.66. The van der Waals surface area contributed by atoms with E-state index in [-0.39, 0.29) is 23.5 Å². The molecule has 0 unspecified atom stereocenters. The Hall–Kier alpha value is -2.52. The van der Waals surface area contributed by atoms with E-state index in [4.69, 9.17) is 9.47 Å². The summed E-state index contributed by atoms with van der Waals surface area (Å²) in [6, 6.07) is 4.59. The van der Waals surface area contributed by atoms with E-state index in [1.165, 1.54) is 6.07 Å². The van der Waals surface area contributed by atoms with Gasteiger partial charge in [0, 0.05) is 31.4 Å². The Morgan fingerprint density at radius 1 is 1.44 bits per heavy atom. The molecule has 0 aliphatic carbocycles. The molecule has 4 heterocycles. The van der Waals surface area contributed by atoms with Crippen molar-refractivity contribution in [3.05, 3.63) is 42.1 Å². The van der Waals surface area contributed by atoms with Crippen molar-refractivity contribution in [2.24, 2.45) is 5.92 Å². The molecule has 2 atom stereocenters. The first kappa shape index (κ1) is 17.9. The Morgan fingerprint density at radius 3 is 3.19 bits per heavy atom. The van der Waals surface area contributed by atoms with Gasteiger partial charge in [-0.1, -0.05) is 0 Å². The van der Waals surface area contributed by atoms with E-state index in [0.29, 0.717) is 45.1 Å². The number of amides is 1. The number of aromatic nitrogens is 3. The number of carbonyl (C=O) groups is 1. The molecule has 27 heavy (non-hydrogen) atoms. The Balaban J connectivity index is 1.39. The molecule has 2 N–H and O–H groups in total. The van der Waals surface area contributed by atoms with Crippen LogP contribution in [0.25, 0.3) is 0 Å². The van der Waals surface area contributed by atoms with E-state index >= 15 is 0 Å². The number of rotatable bonds is 4. The van der Waals surface area contributed by atoms with Crippen molar-refractivity contribution in [1.29, 1.82) is 0 Å². The van der Waals surface area contributed by atoms with Crippen molar-refractivity contribution >= 4 is 11.7 Å². The van der Waals surface area contributed by atoms with Crippen molar-refractivity contribution in [3.8, 4) is 0 Å². The summed E-state index contributed by atoms with van der Waals surface area (Å²) in [5.41, 5.74) is -0.0878. The van der Waals surface area contributed by atoms with Crippen LogP contribution in [-0.2, 0) is 9.47 Å². The number of ether oxygens (including phenoxy) is 2. The second-order valence-electron chi connectivity index (χ2n) is 7.03. The zero-order valence-electron chi connectivity index (χ0n) is 14.9. The average Bonchev–Trinajstić information content (AvgIpc) is 3.29. The van der Waals surface area contributed by atoms with Gasteiger partial charge in [0.2, 0.25) is 0 Å². The van der Waals surface area contributed by atoms with E-state index < -0.39 is 5.60 Å². The first-order valence-electron chi connectivity index (χ1n) is 9.00. The minimum Gasteiger partial charge on any atom is -0.377 e. The second kappa shape index (κ2) is 7.61. The third-order valence-electron chi connectivity index (χ3n) is 4.97. The molecule has 2 aliphatic rings. The summed E-state index contributed by atoms with van der Waals surface area (Å²) in [6.07, 6.45) is 3.83. The highest BCUT2D eigenvalue weighted by molar-refractivity contribution is 5.92. The van der Waals surface area contributed by atoms with Gasteiger partial charge in [-0.3, -0.25) is 9.89 Å². The smallest absolute Gasteiger partial charge is 0.272 e. The summed E-state index contributed by atoms with van der Waals surface area (Å²) >= 11 is 0. The Kier molecular flexibility index (Phi) is 5.04. The number of halogens is 1. The van der Waals surface area contributed by atoms with Crippen LogP contribution >= 0.6 is 0 Å². The molecule has 4 rings (SSSR count). The van der Waals surface area contributed by atoms with Crippen molar-refractivity contribution in [2.75, 3.05) is 44.8 Å². The van der Waals surface area contributed by atoms with Gasteiger partial charge in [0.1, 0.15) is 11.3 Å². The summed E-state index contributed by atoms with van der Waals surface area (Å²) in [6.45, 7) is 2.94. The van der Waals surface area contributed by atoms with Crippen LogP contribution < -0.4 is 5.32 Å². The highest BCUT2D eigenvalue weighted by atomic mass is 19.1. The molecule has 0 saturated carbocycles. The number of aromatic amines is 1. The van der Waals surface area contributed by atoms with Crippen LogP contribution in [0.3, 0.4) is 0 Å². The molecule has 1 spiro atoms. The summed E-state index contributed by atoms with van der Waals surface area (Å²) in [5.74, 6) is -0.0674. The SMILES string of the molecule is O=C(c1ccn[nH]1)N1CCOC[C@]2(C[C@H](CNc3ncccc3F)CO2)C1.